The molecular formula is C17H21NO3. The van der Waals surface area contributed by atoms with Crippen LogP contribution in [0.3, 0.4) is 0 Å². The van der Waals surface area contributed by atoms with Gasteiger partial charge in [0.1, 0.15) is 6.61 Å². The topological polar surface area (TPSA) is 58.6 Å². The maximum atomic E-state index is 12.3. The Morgan fingerprint density at radius 1 is 1.48 bits per heavy atom. The van der Waals surface area contributed by atoms with Crippen LogP contribution in [0.25, 0.3) is 0 Å². The highest BCUT2D eigenvalue weighted by Gasteiger charge is 2.21. The number of ether oxygens (including phenoxy) is 1. The van der Waals surface area contributed by atoms with Gasteiger partial charge in [0.05, 0.1) is 6.10 Å². The molecule has 1 aliphatic rings. The fourth-order valence-electron chi connectivity index (χ4n) is 2.53. The number of nitrogens with one attached hydrogen (secondary N) is 1. The third kappa shape index (κ3) is 4.59. The summed E-state index contributed by atoms with van der Waals surface area (Å²) in [5.41, 5.74) is 2.33. The SMILES string of the molecule is Cc1cc(C#CCO)cc(C(=O)NC2CCOC(C)C2)c1. The van der Waals surface area contributed by atoms with Gasteiger partial charge in [-0.2, -0.15) is 0 Å². The molecule has 0 aliphatic carbocycles. The van der Waals surface area contributed by atoms with E-state index in [-0.39, 0.29) is 24.7 Å². The van der Waals surface area contributed by atoms with Crippen molar-refractivity contribution in [1.82, 2.24) is 5.32 Å². The average Bonchev–Trinajstić information content (AvgIpc) is 2.44. The first-order valence-electron chi connectivity index (χ1n) is 7.22. The van der Waals surface area contributed by atoms with Gasteiger partial charge in [-0.25, -0.2) is 0 Å². The highest BCUT2D eigenvalue weighted by atomic mass is 16.5. The van der Waals surface area contributed by atoms with E-state index in [0.29, 0.717) is 12.2 Å². The van der Waals surface area contributed by atoms with Gasteiger partial charge in [-0.15, -0.1) is 0 Å². The molecule has 1 amide bonds. The van der Waals surface area contributed by atoms with Crippen molar-refractivity contribution in [3.05, 3.63) is 34.9 Å². The fourth-order valence-corrected chi connectivity index (χ4v) is 2.53. The Balaban J connectivity index is 2.09. The summed E-state index contributed by atoms with van der Waals surface area (Å²) in [5.74, 6) is 5.36. The number of benzene rings is 1. The number of carbonyl (C=O) groups excluding carboxylic acids is 1. The average molecular weight is 287 g/mol. The van der Waals surface area contributed by atoms with Crippen molar-refractivity contribution in [3.63, 3.8) is 0 Å². The smallest absolute Gasteiger partial charge is 0.251 e. The van der Waals surface area contributed by atoms with Crippen LogP contribution in [-0.2, 0) is 4.74 Å². The highest BCUT2D eigenvalue weighted by Crippen LogP contribution is 2.15. The molecule has 21 heavy (non-hydrogen) atoms. The number of aliphatic hydroxyl groups is 1. The van der Waals surface area contributed by atoms with Gasteiger partial charge in [-0.3, -0.25) is 4.79 Å². The second kappa shape index (κ2) is 7.26. The van der Waals surface area contributed by atoms with Gasteiger partial charge >= 0.3 is 0 Å². The molecule has 1 saturated heterocycles. The summed E-state index contributed by atoms with van der Waals surface area (Å²) >= 11 is 0. The Kier molecular flexibility index (Phi) is 5.38. The van der Waals surface area contributed by atoms with Crippen molar-refractivity contribution in [2.75, 3.05) is 13.2 Å². The molecule has 1 fully saturated rings. The van der Waals surface area contributed by atoms with Crippen LogP contribution in [0.5, 0.6) is 0 Å². The number of hydrogen-bond donors (Lipinski definition) is 2. The number of rotatable bonds is 2. The quantitative estimate of drug-likeness (QED) is 0.813. The molecule has 1 aromatic carbocycles. The van der Waals surface area contributed by atoms with Gasteiger partial charge in [-0.1, -0.05) is 11.8 Å². The van der Waals surface area contributed by atoms with Crippen molar-refractivity contribution in [2.24, 2.45) is 0 Å². The predicted molar refractivity (Wildman–Crippen MR) is 81.0 cm³/mol. The monoisotopic (exact) mass is 287 g/mol. The first-order valence-corrected chi connectivity index (χ1v) is 7.22. The first kappa shape index (κ1) is 15.6. The second-order valence-electron chi connectivity index (χ2n) is 5.42. The largest absolute Gasteiger partial charge is 0.384 e. The van der Waals surface area contributed by atoms with Crippen LogP contribution < -0.4 is 5.32 Å². The minimum atomic E-state index is -0.185. The van der Waals surface area contributed by atoms with Gasteiger partial charge in [-0.05, 0) is 50.5 Å². The van der Waals surface area contributed by atoms with E-state index in [2.05, 4.69) is 17.2 Å². The maximum absolute atomic E-state index is 12.3. The third-order valence-corrected chi connectivity index (χ3v) is 3.47. The lowest BCUT2D eigenvalue weighted by molar-refractivity contribution is 0.0136. The summed E-state index contributed by atoms with van der Waals surface area (Å²) < 4.78 is 5.48. The second-order valence-corrected chi connectivity index (χ2v) is 5.42. The summed E-state index contributed by atoms with van der Waals surface area (Å²) in [6.07, 6.45) is 1.88. The molecule has 0 saturated carbocycles. The molecule has 2 rings (SSSR count). The third-order valence-electron chi connectivity index (χ3n) is 3.47. The zero-order chi connectivity index (χ0) is 15.2. The normalized spacial score (nSPS) is 21.3. The fraction of sp³-hybridized carbons (Fsp3) is 0.471. The minimum absolute atomic E-state index is 0.0788. The lowest BCUT2D eigenvalue weighted by atomic mass is 10.0. The molecular weight excluding hydrogens is 266 g/mol. The van der Waals surface area contributed by atoms with E-state index in [4.69, 9.17) is 9.84 Å². The molecule has 0 spiro atoms. The molecule has 2 atom stereocenters. The van der Waals surface area contributed by atoms with Crippen LogP contribution in [0.15, 0.2) is 18.2 Å². The summed E-state index contributed by atoms with van der Waals surface area (Å²) in [7, 11) is 0. The summed E-state index contributed by atoms with van der Waals surface area (Å²) in [6.45, 7) is 4.45. The van der Waals surface area contributed by atoms with Crippen molar-refractivity contribution < 1.29 is 14.6 Å². The molecule has 1 aromatic rings. The zero-order valence-electron chi connectivity index (χ0n) is 12.5. The molecule has 1 aliphatic heterocycles. The number of carbonyl (C=O) groups is 1. The molecule has 0 aromatic heterocycles. The predicted octanol–water partition coefficient (Wildman–Crippen LogP) is 1.64. The Morgan fingerprint density at radius 2 is 2.29 bits per heavy atom. The summed E-state index contributed by atoms with van der Waals surface area (Å²) in [4.78, 5) is 12.3. The number of aliphatic hydroxyl groups excluding tert-OH is 1. The maximum Gasteiger partial charge on any atom is 0.251 e. The molecule has 4 nitrogen and oxygen atoms in total. The summed E-state index contributed by atoms with van der Waals surface area (Å²) in [5, 5.41) is 11.8. The van der Waals surface area contributed by atoms with Crippen molar-refractivity contribution in [2.45, 2.75) is 38.8 Å². The number of aryl methyl sites for hydroxylation is 1. The van der Waals surface area contributed by atoms with E-state index in [9.17, 15) is 4.79 Å². The van der Waals surface area contributed by atoms with Gasteiger partial charge in [0, 0.05) is 23.8 Å². The van der Waals surface area contributed by atoms with Crippen molar-refractivity contribution in [1.29, 1.82) is 0 Å². The number of amides is 1. The Morgan fingerprint density at radius 3 is 3.00 bits per heavy atom. The van der Waals surface area contributed by atoms with Crippen LogP contribution >= 0.6 is 0 Å². The van der Waals surface area contributed by atoms with Gasteiger partial charge in [0.25, 0.3) is 5.91 Å². The van der Waals surface area contributed by atoms with Crippen LogP contribution in [0.2, 0.25) is 0 Å². The van der Waals surface area contributed by atoms with Crippen LogP contribution in [0.4, 0.5) is 0 Å². The van der Waals surface area contributed by atoms with Gasteiger partial charge in [0.15, 0.2) is 0 Å². The molecule has 0 radical (unpaired) electrons. The standard InChI is InChI=1S/C17H21NO3/c1-12-8-14(4-3-6-19)11-15(9-12)17(20)18-16-5-7-21-13(2)10-16/h8-9,11,13,16,19H,5-7,10H2,1-2H3,(H,18,20). The lowest BCUT2D eigenvalue weighted by Crippen LogP contribution is -2.41. The summed E-state index contributed by atoms with van der Waals surface area (Å²) in [6, 6.07) is 5.67. The van der Waals surface area contributed by atoms with E-state index in [1.807, 2.05) is 26.0 Å². The van der Waals surface area contributed by atoms with E-state index >= 15 is 0 Å². The lowest BCUT2D eigenvalue weighted by Gasteiger charge is -2.28. The molecule has 0 bridgehead atoms. The number of hydrogen-bond acceptors (Lipinski definition) is 3. The van der Waals surface area contributed by atoms with Gasteiger partial charge in [0.2, 0.25) is 0 Å². The molecule has 112 valence electrons. The Hall–Kier alpha value is -1.83. The molecule has 2 N–H and O–H groups in total. The van der Waals surface area contributed by atoms with Crippen molar-refractivity contribution in [3.8, 4) is 11.8 Å². The first-order chi connectivity index (χ1) is 10.1. The molecule has 1 heterocycles. The van der Waals surface area contributed by atoms with E-state index in [0.717, 1.165) is 24.0 Å². The highest BCUT2D eigenvalue weighted by molar-refractivity contribution is 5.95. The van der Waals surface area contributed by atoms with Gasteiger partial charge < -0.3 is 15.2 Å². The zero-order valence-corrected chi connectivity index (χ0v) is 12.5. The molecule has 4 heteroatoms. The van der Waals surface area contributed by atoms with E-state index < -0.39 is 0 Å². The minimum Gasteiger partial charge on any atom is -0.384 e. The van der Waals surface area contributed by atoms with E-state index in [1.165, 1.54) is 0 Å². The van der Waals surface area contributed by atoms with Crippen LogP contribution in [0, 0.1) is 18.8 Å². The van der Waals surface area contributed by atoms with E-state index in [1.54, 1.807) is 6.07 Å². The Bertz CT molecular complexity index is 571. The Labute approximate surface area is 125 Å². The molecule has 2 unspecified atom stereocenters. The van der Waals surface area contributed by atoms with Crippen molar-refractivity contribution >= 4 is 5.91 Å². The van der Waals surface area contributed by atoms with Crippen LogP contribution in [-0.4, -0.2) is 36.4 Å². The van der Waals surface area contributed by atoms with Crippen LogP contribution in [0.1, 0.15) is 41.3 Å².